The van der Waals surface area contributed by atoms with Gasteiger partial charge in [0.2, 0.25) is 5.91 Å². The number of rotatable bonds is 7. The van der Waals surface area contributed by atoms with Gasteiger partial charge in [-0.2, -0.15) is 0 Å². The largest absolute Gasteiger partial charge is 0.505 e. The zero-order valence-electron chi connectivity index (χ0n) is 17.2. The van der Waals surface area contributed by atoms with Crippen molar-refractivity contribution in [1.82, 2.24) is 9.80 Å². The summed E-state index contributed by atoms with van der Waals surface area (Å²) >= 11 is 0. The molecule has 1 amide bonds. The number of hydrogen-bond donors (Lipinski definition) is 2. The SMILES string of the molecule is CCC(=O)Nc1cccc(CC2(N3CCN(Cc4ccccc4)CC3)CC2)c1O. The molecular formula is C24H31N3O2. The van der Waals surface area contributed by atoms with Gasteiger partial charge in [-0.25, -0.2) is 0 Å². The molecule has 1 saturated heterocycles. The molecule has 2 aromatic rings. The molecule has 2 N–H and O–H groups in total. The molecule has 1 aliphatic carbocycles. The number of phenols is 1. The first kappa shape index (κ1) is 19.9. The molecule has 0 unspecified atom stereocenters. The lowest BCUT2D eigenvalue weighted by molar-refractivity contribution is -0.115. The van der Waals surface area contributed by atoms with Crippen molar-refractivity contribution >= 4 is 11.6 Å². The van der Waals surface area contributed by atoms with Gasteiger partial charge in [-0.3, -0.25) is 14.6 Å². The van der Waals surface area contributed by atoms with Crippen molar-refractivity contribution < 1.29 is 9.90 Å². The second-order valence-corrected chi connectivity index (χ2v) is 8.36. The Labute approximate surface area is 173 Å². The Balaban J connectivity index is 1.37. The third kappa shape index (κ3) is 4.62. The number of anilines is 1. The van der Waals surface area contributed by atoms with E-state index < -0.39 is 0 Å². The number of piperazine rings is 1. The quantitative estimate of drug-likeness (QED) is 0.706. The number of amides is 1. The van der Waals surface area contributed by atoms with E-state index in [0.717, 1.165) is 44.7 Å². The Morgan fingerprint density at radius 2 is 1.76 bits per heavy atom. The molecule has 0 radical (unpaired) electrons. The minimum Gasteiger partial charge on any atom is -0.505 e. The topological polar surface area (TPSA) is 55.8 Å². The summed E-state index contributed by atoms with van der Waals surface area (Å²) < 4.78 is 0. The van der Waals surface area contributed by atoms with Gasteiger partial charge < -0.3 is 10.4 Å². The molecule has 2 aliphatic rings. The lowest BCUT2D eigenvalue weighted by Crippen LogP contribution is -2.51. The summed E-state index contributed by atoms with van der Waals surface area (Å²) in [6, 6.07) is 16.4. The number of hydrogen-bond acceptors (Lipinski definition) is 4. The van der Waals surface area contributed by atoms with Crippen LogP contribution in [0.2, 0.25) is 0 Å². The predicted molar refractivity (Wildman–Crippen MR) is 116 cm³/mol. The van der Waals surface area contributed by atoms with Crippen molar-refractivity contribution in [3.63, 3.8) is 0 Å². The molecule has 2 fully saturated rings. The Morgan fingerprint density at radius 3 is 2.41 bits per heavy atom. The standard InChI is InChI=1S/C24H31N3O2/c1-2-22(28)25-21-10-6-9-20(23(21)29)17-24(11-12-24)27-15-13-26(14-16-27)18-19-7-4-3-5-8-19/h3-10,29H,2,11-18H2,1H3,(H,25,28). The highest BCUT2D eigenvalue weighted by Crippen LogP contribution is 2.46. The Morgan fingerprint density at radius 1 is 1.03 bits per heavy atom. The van der Waals surface area contributed by atoms with Crippen LogP contribution in [0.25, 0.3) is 0 Å². The highest BCUT2D eigenvalue weighted by atomic mass is 16.3. The number of aromatic hydroxyl groups is 1. The molecule has 4 rings (SSSR count). The van der Waals surface area contributed by atoms with Gasteiger partial charge in [-0.15, -0.1) is 0 Å². The molecule has 1 saturated carbocycles. The van der Waals surface area contributed by atoms with E-state index in [0.29, 0.717) is 12.1 Å². The molecule has 0 atom stereocenters. The molecule has 1 aliphatic heterocycles. The van der Waals surface area contributed by atoms with Crippen LogP contribution in [0.1, 0.15) is 37.3 Å². The first-order valence-corrected chi connectivity index (χ1v) is 10.7. The van der Waals surface area contributed by atoms with E-state index in [1.807, 2.05) is 19.1 Å². The first-order valence-electron chi connectivity index (χ1n) is 10.7. The number of nitrogens with one attached hydrogen (secondary N) is 1. The molecule has 5 heteroatoms. The van der Waals surface area contributed by atoms with Crippen molar-refractivity contribution in [3.05, 3.63) is 59.7 Å². The van der Waals surface area contributed by atoms with Crippen molar-refractivity contribution in [2.24, 2.45) is 0 Å². The lowest BCUT2D eigenvalue weighted by Gasteiger charge is -2.40. The van der Waals surface area contributed by atoms with E-state index in [4.69, 9.17) is 0 Å². The van der Waals surface area contributed by atoms with Gasteiger partial charge in [-0.1, -0.05) is 49.4 Å². The fraction of sp³-hybridized carbons (Fsp3) is 0.458. The van der Waals surface area contributed by atoms with Crippen LogP contribution < -0.4 is 5.32 Å². The molecule has 0 bridgehead atoms. The van der Waals surface area contributed by atoms with Crippen LogP contribution in [0.15, 0.2) is 48.5 Å². The van der Waals surface area contributed by atoms with Crippen LogP contribution in [0.4, 0.5) is 5.69 Å². The number of nitrogens with zero attached hydrogens (tertiary/aromatic N) is 2. The Kier molecular flexibility index (Phi) is 5.88. The predicted octanol–water partition coefficient (Wildman–Crippen LogP) is 3.63. The van der Waals surface area contributed by atoms with Crippen molar-refractivity contribution in [3.8, 4) is 5.75 Å². The Bertz CT molecular complexity index is 840. The fourth-order valence-electron chi connectivity index (χ4n) is 4.40. The van der Waals surface area contributed by atoms with E-state index >= 15 is 0 Å². The fourth-order valence-corrected chi connectivity index (χ4v) is 4.40. The normalized spacial score (nSPS) is 19.1. The molecule has 2 aromatic carbocycles. The monoisotopic (exact) mass is 393 g/mol. The molecule has 1 heterocycles. The maximum Gasteiger partial charge on any atom is 0.224 e. The van der Waals surface area contributed by atoms with Crippen LogP contribution in [0.3, 0.4) is 0 Å². The number of benzene rings is 2. The molecule has 0 aromatic heterocycles. The minimum atomic E-state index is -0.0758. The van der Waals surface area contributed by atoms with E-state index in [2.05, 4.69) is 45.4 Å². The van der Waals surface area contributed by atoms with Crippen LogP contribution in [0, 0.1) is 0 Å². The Hall–Kier alpha value is -2.37. The van der Waals surface area contributed by atoms with E-state index in [-0.39, 0.29) is 17.2 Å². The van der Waals surface area contributed by atoms with E-state index in [1.165, 1.54) is 18.4 Å². The molecule has 0 spiro atoms. The molecule has 154 valence electrons. The summed E-state index contributed by atoms with van der Waals surface area (Å²) in [5, 5.41) is 13.5. The number of para-hydroxylation sites is 1. The zero-order valence-corrected chi connectivity index (χ0v) is 17.2. The average molecular weight is 394 g/mol. The van der Waals surface area contributed by atoms with Gasteiger partial charge in [-0.05, 0) is 36.5 Å². The maximum atomic E-state index is 11.7. The molecular weight excluding hydrogens is 362 g/mol. The lowest BCUT2D eigenvalue weighted by atomic mass is 10.00. The van der Waals surface area contributed by atoms with Crippen molar-refractivity contribution in [1.29, 1.82) is 0 Å². The van der Waals surface area contributed by atoms with Crippen molar-refractivity contribution in [2.75, 3.05) is 31.5 Å². The van der Waals surface area contributed by atoms with Crippen LogP contribution in [-0.2, 0) is 17.8 Å². The smallest absolute Gasteiger partial charge is 0.224 e. The molecule has 29 heavy (non-hydrogen) atoms. The van der Waals surface area contributed by atoms with E-state index in [9.17, 15) is 9.90 Å². The zero-order chi connectivity index (χ0) is 20.3. The highest BCUT2D eigenvalue weighted by molar-refractivity contribution is 5.92. The van der Waals surface area contributed by atoms with Gasteiger partial charge in [0.05, 0.1) is 5.69 Å². The van der Waals surface area contributed by atoms with Gasteiger partial charge >= 0.3 is 0 Å². The number of phenolic OH excluding ortho intramolecular Hbond substituents is 1. The summed E-state index contributed by atoms with van der Waals surface area (Å²) in [6.07, 6.45) is 3.60. The van der Waals surface area contributed by atoms with Crippen LogP contribution in [-0.4, -0.2) is 52.5 Å². The summed E-state index contributed by atoms with van der Waals surface area (Å²) in [6.45, 7) is 7.12. The van der Waals surface area contributed by atoms with Crippen molar-refractivity contribution in [2.45, 2.75) is 44.7 Å². The first-order chi connectivity index (χ1) is 14.1. The summed E-state index contributed by atoms with van der Waals surface area (Å²) in [5.74, 6) is 0.149. The summed E-state index contributed by atoms with van der Waals surface area (Å²) in [7, 11) is 0. The van der Waals surface area contributed by atoms with Gasteiger partial charge in [0.15, 0.2) is 0 Å². The summed E-state index contributed by atoms with van der Waals surface area (Å²) in [5.41, 5.74) is 3.00. The average Bonchev–Trinajstić information content (AvgIpc) is 3.53. The third-order valence-corrected chi connectivity index (χ3v) is 6.35. The number of carbonyl (C=O) groups excluding carboxylic acids is 1. The van der Waals surface area contributed by atoms with E-state index in [1.54, 1.807) is 6.07 Å². The van der Waals surface area contributed by atoms with Gasteiger partial charge in [0.1, 0.15) is 5.75 Å². The second-order valence-electron chi connectivity index (χ2n) is 8.36. The summed E-state index contributed by atoms with van der Waals surface area (Å²) in [4.78, 5) is 16.9. The maximum absolute atomic E-state index is 11.7. The van der Waals surface area contributed by atoms with Crippen LogP contribution >= 0.6 is 0 Å². The highest BCUT2D eigenvalue weighted by Gasteiger charge is 2.48. The van der Waals surface area contributed by atoms with Crippen LogP contribution in [0.5, 0.6) is 5.75 Å². The molecule has 5 nitrogen and oxygen atoms in total. The second kappa shape index (κ2) is 8.56. The van der Waals surface area contributed by atoms with Gasteiger partial charge in [0.25, 0.3) is 0 Å². The minimum absolute atomic E-state index is 0.0758. The van der Waals surface area contributed by atoms with Gasteiger partial charge in [0, 0.05) is 44.7 Å². The third-order valence-electron chi connectivity index (χ3n) is 6.35. The number of carbonyl (C=O) groups is 1.